The zero-order chi connectivity index (χ0) is 34.5. The molecule has 11 nitrogen and oxygen atoms in total. The van der Waals surface area contributed by atoms with Crippen molar-refractivity contribution in [2.24, 2.45) is 15.3 Å². The highest BCUT2D eigenvalue weighted by atomic mass is 79.9. The van der Waals surface area contributed by atoms with Crippen molar-refractivity contribution < 1.29 is 27.2 Å². The van der Waals surface area contributed by atoms with Gasteiger partial charge in [-0.05, 0) is 89.0 Å². The Bertz CT molecular complexity index is 2000. The number of anilines is 1. The molecule has 0 spiro atoms. The molecule has 0 radical (unpaired) electrons. The lowest BCUT2D eigenvalue weighted by Crippen LogP contribution is -2.28. The first-order chi connectivity index (χ1) is 22.8. The lowest BCUT2D eigenvalue weighted by Gasteiger charge is -2.18. The van der Waals surface area contributed by atoms with Crippen molar-refractivity contribution >= 4 is 72.7 Å². The van der Waals surface area contributed by atoms with E-state index in [1.54, 1.807) is 42.6 Å². The number of hydrogen-bond acceptors (Lipinski definition) is 9. The second-order valence-electron chi connectivity index (χ2n) is 11.7. The maximum absolute atomic E-state index is 13.7. The molecule has 1 saturated heterocycles. The number of carbonyl (C=O) groups excluding carboxylic acids is 2. The Balaban J connectivity index is 1.34. The number of benzene rings is 3. The molecular formula is C34H32BrN5O6S2. The Morgan fingerprint density at radius 3 is 2.46 bits per heavy atom. The van der Waals surface area contributed by atoms with E-state index < -0.39 is 15.9 Å². The Labute approximate surface area is 291 Å². The average Bonchev–Trinajstić information content (AvgIpc) is 3.65. The van der Waals surface area contributed by atoms with Gasteiger partial charge in [0, 0.05) is 15.7 Å². The van der Waals surface area contributed by atoms with Crippen LogP contribution >= 0.6 is 27.7 Å². The Morgan fingerprint density at radius 1 is 1.08 bits per heavy atom. The normalized spacial score (nSPS) is 15.5. The van der Waals surface area contributed by atoms with Crippen LogP contribution in [0.2, 0.25) is 0 Å². The van der Waals surface area contributed by atoms with Crippen LogP contribution in [0.3, 0.4) is 0 Å². The molecule has 1 fully saturated rings. The summed E-state index contributed by atoms with van der Waals surface area (Å²) in [6.45, 7) is 6.26. The van der Waals surface area contributed by atoms with Crippen LogP contribution < -0.4 is 15.2 Å². The second kappa shape index (κ2) is 14.7. The summed E-state index contributed by atoms with van der Waals surface area (Å²) in [6.07, 6.45) is 4.84. The van der Waals surface area contributed by atoms with Crippen LogP contribution in [-0.4, -0.2) is 43.1 Å². The summed E-state index contributed by atoms with van der Waals surface area (Å²) in [6, 6.07) is 22.2. The molecule has 0 atom stereocenters. The number of amidine groups is 1. The van der Waals surface area contributed by atoms with E-state index in [0.717, 1.165) is 21.8 Å². The van der Waals surface area contributed by atoms with Crippen molar-refractivity contribution in [1.29, 1.82) is 0 Å². The number of halogens is 1. The smallest absolute Gasteiger partial charge is 0.267 e. The molecule has 48 heavy (non-hydrogen) atoms. The standard InChI is InChI=1S/C34H32BrN5O6S2/c1-34(2,3)24-8-6-22(7-9-24)19-37-39-33-40(20-27-5-4-16-45-27)32(42)30(47-33)18-23-17-25(35)10-15-29(23)46-21-31(41)38-26-11-13-28(14-12-26)48(36,43)44/h4-19H,20-21H2,1-3H3,(H,38,41)(H2,36,43,44)/b30-18-,37-19+,39-33-. The number of thioether (sulfide) groups is 1. The molecule has 1 aliphatic rings. The van der Waals surface area contributed by atoms with E-state index in [2.05, 4.69) is 64.4 Å². The summed E-state index contributed by atoms with van der Waals surface area (Å²) in [5, 5.41) is 16.8. The lowest BCUT2D eigenvalue weighted by atomic mass is 9.87. The number of nitrogens with one attached hydrogen (secondary N) is 1. The molecule has 0 bridgehead atoms. The number of hydrogen-bond donors (Lipinski definition) is 2. The van der Waals surface area contributed by atoms with E-state index in [1.165, 1.54) is 41.0 Å². The number of amides is 2. The van der Waals surface area contributed by atoms with E-state index in [4.69, 9.17) is 14.3 Å². The van der Waals surface area contributed by atoms with E-state index in [9.17, 15) is 18.0 Å². The van der Waals surface area contributed by atoms with Crippen LogP contribution in [0, 0.1) is 0 Å². The summed E-state index contributed by atoms with van der Waals surface area (Å²) in [7, 11) is -3.85. The van der Waals surface area contributed by atoms with E-state index in [1.807, 2.05) is 12.1 Å². The highest BCUT2D eigenvalue weighted by Crippen LogP contribution is 2.36. The molecule has 14 heteroatoms. The summed E-state index contributed by atoms with van der Waals surface area (Å²) in [5.41, 5.74) is 3.03. The number of carbonyl (C=O) groups is 2. The molecule has 0 saturated carbocycles. The fraction of sp³-hybridized carbons (Fsp3) is 0.176. The minimum absolute atomic E-state index is 0.0318. The average molecular weight is 751 g/mol. The van der Waals surface area contributed by atoms with Crippen LogP contribution in [0.15, 0.2) is 114 Å². The second-order valence-corrected chi connectivity index (χ2v) is 15.2. The first-order valence-electron chi connectivity index (χ1n) is 14.6. The minimum Gasteiger partial charge on any atom is -0.483 e. The van der Waals surface area contributed by atoms with Gasteiger partial charge in [0.15, 0.2) is 11.8 Å². The fourth-order valence-electron chi connectivity index (χ4n) is 4.47. The van der Waals surface area contributed by atoms with Crippen LogP contribution in [0.25, 0.3) is 6.08 Å². The number of primary sulfonamides is 1. The molecule has 0 unspecified atom stereocenters. The third-order valence-corrected chi connectivity index (χ3v) is 9.41. The van der Waals surface area contributed by atoms with Gasteiger partial charge in [0.1, 0.15) is 11.5 Å². The topological polar surface area (TPSA) is 157 Å². The molecule has 1 aliphatic heterocycles. The third-order valence-electron chi connectivity index (χ3n) is 6.99. The van der Waals surface area contributed by atoms with Crippen molar-refractivity contribution in [1.82, 2.24) is 4.90 Å². The van der Waals surface area contributed by atoms with Gasteiger partial charge in [0.05, 0.1) is 28.8 Å². The molecule has 2 heterocycles. The molecule has 0 aliphatic carbocycles. The van der Waals surface area contributed by atoms with Crippen LogP contribution in [0.4, 0.5) is 5.69 Å². The highest BCUT2D eigenvalue weighted by molar-refractivity contribution is 9.10. The molecule has 3 N–H and O–H groups in total. The largest absolute Gasteiger partial charge is 0.483 e. The Morgan fingerprint density at radius 2 is 1.81 bits per heavy atom. The predicted octanol–water partition coefficient (Wildman–Crippen LogP) is 6.51. The van der Waals surface area contributed by atoms with Crippen molar-refractivity contribution in [2.75, 3.05) is 11.9 Å². The third kappa shape index (κ3) is 9.10. The Hall–Kier alpha value is -4.50. The van der Waals surface area contributed by atoms with Gasteiger partial charge >= 0.3 is 0 Å². The molecular weight excluding hydrogens is 718 g/mol. The highest BCUT2D eigenvalue weighted by Gasteiger charge is 2.34. The minimum atomic E-state index is -3.85. The lowest BCUT2D eigenvalue weighted by molar-refractivity contribution is -0.122. The first kappa shape index (κ1) is 34.8. The molecule has 2 amide bonds. The number of ether oxygens (including phenoxy) is 1. The SMILES string of the molecule is CC(C)(C)c1ccc(/C=N/N=C2\S/C(=C\c3cc(Br)ccc3OCC(=O)Nc3ccc(S(N)(=O)=O)cc3)C(=O)N2Cc2ccco2)cc1. The van der Waals surface area contributed by atoms with Crippen molar-refractivity contribution in [3.8, 4) is 5.75 Å². The first-order valence-corrected chi connectivity index (χ1v) is 17.7. The van der Waals surface area contributed by atoms with Gasteiger partial charge in [-0.3, -0.25) is 14.5 Å². The van der Waals surface area contributed by atoms with Gasteiger partial charge in [0.2, 0.25) is 10.0 Å². The van der Waals surface area contributed by atoms with Gasteiger partial charge in [-0.2, -0.15) is 5.10 Å². The summed E-state index contributed by atoms with van der Waals surface area (Å²) < 4.78 is 35.0. The molecule has 248 valence electrons. The van der Waals surface area contributed by atoms with Crippen molar-refractivity contribution in [3.05, 3.63) is 117 Å². The zero-order valence-corrected chi connectivity index (χ0v) is 29.4. The zero-order valence-electron chi connectivity index (χ0n) is 26.2. The predicted molar refractivity (Wildman–Crippen MR) is 191 cm³/mol. The maximum Gasteiger partial charge on any atom is 0.267 e. The number of rotatable bonds is 10. The van der Waals surface area contributed by atoms with Crippen molar-refractivity contribution in [2.45, 2.75) is 37.6 Å². The summed E-state index contributed by atoms with van der Waals surface area (Å²) in [5.74, 6) is 0.164. The van der Waals surface area contributed by atoms with Crippen LogP contribution in [-0.2, 0) is 31.6 Å². The molecule has 1 aromatic heterocycles. The van der Waals surface area contributed by atoms with Gasteiger partial charge < -0.3 is 14.5 Å². The van der Waals surface area contributed by atoms with Crippen LogP contribution in [0.5, 0.6) is 5.75 Å². The van der Waals surface area contributed by atoms with E-state index in [-0.39, 0.29) is 29.4 Å². The van der Waals surface area contributed by atoms with Gasteiger partial charge in [0.25, 0.3) is 11.8 Å². The fourth-order valence-corrected chi connectivity index (χ4v) is 6.29. The van der Waals surface area contributed by atoms with E-state index in [0.29, 0.717) is 32.8 Å². The van der Waals surface area contributed by atoms with Crippen LogP contribution in [0.1, 0.15) is 43.2 Å². The molecule has 4 aromatic rings. The monoisotopic (exact) mass is 749 g/mol. The summed E-state index contributed by atoms with van der Waals surface area (Å²) in [4.78, 5) is 28.1. The maximum atomic E-state index is 13.7. The van der Waals surface area contributed by atoms with Gasteiger partial charge in [-0.15, -0.1) is 5.10 Å². The number of sulfonamides is 1. The quantitative estimate of drug-likeness (QED) is 0.106. The number of nitrogens with zero attached hydrogens (tertiary/aromatic N) is 3. The van der Waals surface area contributed by atoms with E-state index >= 15 is 0 Å². The summed E-state index contributed by atoms with van der Waals surface area (Å²) >= 11 is 4.62. The van der Waals surface area contributed by atoms with Gasteiger partial charge in [-0.1, -0.05) is 61.0 Å². The Kier molecular flexibility index (Phi) is 10.7. The number of furan rings is 1. The number of nitrogens with two attached hydrogens (primary N) is 1. The molecule has 3 aromatic carbocycles. The van der Waals surface area contributed by atoms with Gasteiger partial charge in [-0.25, -0.2) is 13.6 Å². The van der Waals surface area contributed by atoms with Crippen molar-refractivity contribution in [3.63, 3.8) is 0 Å². The molecule has 5 rings (SSSR count).